The Bertz CT molecular complexity index is 1190. The van der Waals surface area contributed by atoms with Crippen molar-refractivity contribution in [2.24, 2.45) is 5.41 Å². The second-order valence-corrected chi connectivity index (χ2v) is 10.1. The Morgan fingerprint density at radius 3 is 2.53 bits per heavy atom. The molecular formula is C22H24N6O5S. The van der Waals surface area contributed by atoms with E-state index in [-0.39, 0.29) is 18.1 Å². The number of aryl methyl sites for hydroxylation is 1. The van der Waals surface area contributed by atoms with Gasteiger partial charge in [0.25, 0.3) is 11.8 Å². The highest BCUT2D eigenvalue weighted by atomic mass is 32.2. The summed E-state index contributed by atoms with van der Waals surface area (Å²) in [7, 11) is 0. The van der Waals surface area contributed by atoms with Gasteiger partial charge in [0.2, 0.25) is 0 Å². The summed E-state index contributed by atoms with van der Waals surface area (Å²) in [5.41, 5.74) is 0.0152. The lowest BCUT2D eigenvalue weighted by atomic mass is 9.97. The van der Waals surface area contributed by atoms with Crippen molar-refractivity contribution in [3.63, 3.8) is 0 Å². The summed E-state index contributed by atoms with van der Waals surface area (Å²) in [6, 6.07) is 7.74. The van der Waals surface area contributed by atoms with Crippen LogP contribution in [0.5, 0.6) is 0 Å². The van der Waals surface area contributed by atoms with Crippen molar-refractivity contribution in [2.75, 3.05) is 5.75 Å². The van der Waals surface area contributed by atoms with Crippen LogP contribution in [-0.2, 0) is 25.7 Å². The SMILES string of the molecule is Cc1nnn(CC2=C(C(=O)OC(=O)C(C)(C)C)N3C(=O)[C@@H](NC(=O)c4ccccc4)[C@H]3SC2)n1. The fourth-order valence-corrected chi connectivity index (χ4v) is 4.79. The van der Waals surface area contributed by atoms with Crippen LogP contribution in [0, 0.1) is 12.3 Å². The minimum Gasteiger partial charge on any atom is -0.388 e. The number of nitrogens with zero attached hydrogens (tertiary/aromatic N) is 5. The van der Waals surface area contributed by atoms with Crippen LogP contribution in [0.4, 0.5) is 0 Å². The Labute approximate surface area is 199 Å². The molecule has 12 heteroatoms. The van der Waals surface area contributed by atoms with E-state index in [1.807, 2.05) is 0 Å². The first-order valence-electron chi connectivity index (χ1n) is 10.6. The molecule has 2 amide bonds. The lowest BCUT2D eigenvalue weighted by molar-refractivity contribution is -0.166. The van der Waals surface area contributed by atoms with Gasteiger partial charge in [0, 0.05) is 11.3 Å². The molecule has 2 aliphatic rings. The zero-order valence-corrected chi connectivity index (χ0v) is 20.0. The second-order valence-electron chi connectivity index (χ2n) is 8.97. The minimum absolute atomic E-state index is 0.0217. The zero-order valence-electron chi connectivity index (χ0n) is 19.1. The van der Waals surface area contributed by atoms with Gasteiger partial charge in [-0.05, 0) is 50.6 Å². The predicted octanol–water partition coefficient (Wildman–Crippen LogP) is 1.07. The van der Waals surface area contributed by atoms with E-state index in [1.54, 1.807) is 58.0 Å². The monoisotopic (exact) mass is 484 g/mol. The van der Waals surface area contributed by atoms with Gasteiger partial charge < -0.3 is 10.1 Å². The maximum atomic E-state index is 13.1. The van der Waals surface area contributed by atoms with Gasteiger partial charge >= 0.3 is 11.9 Å². The molecule has 2 atom stereocenters. The van der Waals surface area contributed by atoms with Gasteiger partial charge in [0.15, 0.2) is 5.82 Å². The van der Waals surface area contributed by atoms with E-state index in [9.17, 15) is 19.2 Å². The Hall–Kier alpha value is -3.54. The molecule has 1 aromatic heterocycles. The van der Waals surface area contributed by atoms with Crippen LogP contribution in [0.1, 0.15) is 37.0 Å². The van der Waals surface area contributed by atoms with Crippen molar-refractivity contribution in [1.29, 1.82) is 0 Å². The molecule has 1 fully saturated rings. The standard InChI is InChI=1S/C22H24N6O5S/c1-12-24-26-27(25-12)10-14-11-34-19-15(23-17(29)13-8-6-5-7-9-13)18(30)28(19)16(14)20(31)33-21(32)22(2,3)4/h5-9,15,19H,10-11H2,1-4H3,(H,23,29)/t15-,19-/m1/s1. The molecule has 2 aliphatic heterocycles. The average Bonchev–Trinajstić information content (AvgIpc) is 3.21. The molecule has 0 aliphatic carbocycles. The summed E-state index contributed by atoms with van der Waals surface area (Å²) >= 11 is 1.39. The van der Waals surface area contributed by atoms with E-state index >= 15 is 0 Å². The third-order valence-corrected chi connectivity index (χ3v) is 6.59. The number of carbonyl (C=O) groups excluding carboxylic acids is 4. The van der Waals surface area contributed by atoms with Crippen LogP contribution in [0.15, 0.2) is 41.6 Å². The quantitative estimate of drug-likeness (QED) is 0.375. The van der Waals surface area contributed by atoms with E-state index in [1.165, 1.54) is 21.5 Å². The van der Waals surface area contributed by atoms with Gasteiger partial charge in [-0.25, -0.2) is 4.79 Å². The number of tetrazole rings is 1. The van der Waals surface area contributed by atoms with Crippen molar-refractivity contribution < 1.29 is 23.9 Å². The van der Waals surface area contributed by atoms with E-state index in [0.717, 1.165) is 0 Å². The van der Waals surface area contributed by atoms with Gasteiger partial charge in [-0.2, -0.15) is 4.80 Å². The molecule has 0 radical (unpaired) electrons. The lowest BCUT2D eigenvalue weighted by Crippen LogP contribution is -2.70. The number of hydrogen-bond acceptors (Lipinski definition) is 9. The second kappa shape index (κ2) is 9.01. The number of β-lactam (4-membered cyclic amide) rings is 1. The number of thioether (sulfide) groups is 1. The minimum atomic E-state index is -0.918. The van der Waals surface area contributed by atoms with E-state index in [4.69, 9.17) is 4.74 Å². The van der Waals surface area contributed by atoms with Crippen LogP contribution in [0.25, 0.3) is 0 Å². The first kappa shape index (κ1) is 23.6. The topological polar surface area (TPSA) is 136 Å². The first-order chi connectivity index (χ1) is 16.1. The summed E-state index contributed by atoms with van der Waals surface area (Å²) in [4.78, 5) is 53.7. The van der Waals surface area contributed by atoms with Crippen molar-refractivity contribution in [1.82, 2.24) is 30.4 Å². The van der Waals surface area contributed by atoms with Crippen LogP contribution in [0.3, 0.4) is 0 Å². The largest absolute Gasteiger partial charge is 0.388 e. The maximum Gasteiger partial charge on any atom is 0.362 e. The number of esters is 2. The number of fused-ring (bicyclic) bond motifs is 1. The lowest BCUT2D eigenvalue weighted by Gasteiger charge is -2.49. The summed E-state index contributed by atoms with van der Waals surface area (Å²) in [6.07, 6.45) is 0. The van der Waals surface area contributed by atoms with Gasteiger partial charge in [-0.1, -0.05) is 18.2 Å². The summed E-state index contributed by atoms with van der Waals surface area (Å²) in [5.74, 6) is -1.67. The van der Waals surface area contributed by atoms with E-state index in [2.05, 4.69) is 20.7 Å². The third kappa shape index (κ3) is 4.58. The maximum absolute atomic E-state index is 13.1. The number of aromatic nitrogens is 4. The van der Waals surface area contributed by atoms with Crippen molar-refractivity contribution in [2.45, 2.75) is 45.7 Å². The van der Waals surface area contributed by atoms with Crippen molar-refractivity contribution >= 4 is 35.5 Å². The molecular weight excluding hydrogens is 460 g/mol. The first-order valence-corrected chi connectivity index (χ1v) is 11.6. The summed E-state index contributed by atoms with van der Waals surface area (Å²) in [6.45, 7) is 6.66. The van der Waals surface area contributed by atoms with Crippen molar-refractivity contribution in [3.8, 4) is 0 Å². The van der Waals surface area contributed by atoms with Gasteiger partial charge in [-0.15, -0.1) is 22.0 Å². The van der Waals surface area contributed by atoms with Gasteiger partial charge in [0.1, 0.15) is 17.1 Å². The normalized spacial score (nSPS) is 19.9. The highest BCUT2D eigenvalue weighted by Gasteiger charge is 2.55. The zero-order chi connectivity index (χ0) is 24.6. The van der Waals surface area contributed by atoms with Crippen LogP contribution >= 0.6 is 11.8 Å². The van der Waals surface area contributed by atoms with Crippen molar-refractivity contribution in [3.05, 3.63) is 53.0 Å². The molecule has 4 rings (SSSR count). The van der Waals surface area contributed by atoms with Crippen LogP contribution < -0.4 is 5.32 Å². The fourth-order valence-electron chi connectivity index (χ4n) is 3.45. The number of nitrogens with one attached hydrogen (secondary N) is 1. The molecule has 11 nitrogen and oxygen atoms in total. The molecule has 0 unspecified atom stereocenters. The Morgan fingerprint density at radius 1 is 1.21 bits per heavy atom. The molecule has 0 bridgehead atoms. The smallest absolute Gasteiger partial charge is 0.362 e. The number of ether oxygens (including phenoxy) is 1. The molecule has 178 valence electrons. The highest BCUT2D eigenvalue weighted by Crippen LogP contribution is 2.41. The van der Waals surface area contributed by atoms with Crippen LogP contribution in [0.2, 0.25) is 0 Å². The third-order valence-electron chi connectivity index (χ3n) is 5.25. The van der Waals surface area contributed by atoms with E-state index in [0.29, 0.717) is 22.7 Å². The molecule has 3 heterocycles. The fraction of sp³-hybridized carbons (Fsp3) is 0.409. The molecule has 0 spiro atoms. The molecule has 0 saturated carbocycles. The number of carbonyl (C=O) groups is 4. The van der Waals surface area contributed by atoms with Gasteiger partial charge in [-0.3, -0.25) is 19.3 Å². The molecule has 1 saturated heterocycles. The predicted molar refractivity (Wildman–Crippen MR) is 121 cm³/mol. The Balaban J connectivity index is 1.59. The molecule has 1 aromatic carbocycles. The van der Waals surface area contributed by atoms with Gasteiger partial charge in [0.05, 0.1) is 12.0 Å². The Morgan fingerprint density at radius 2 is 1.91 bits per heavy atom. The highest BCUT2D eigenvalue weighted by molar-refractivity contribution is 8.00. The number of hydrogen-bond donors (Lipinski definition) is 1. The summed E-state index contributed by atoms with van der Waals surface area (Å²) in [5, 5.41) is 14.1. The number of amides is 2. The number of benzene rings is 1. The molecule has 34 heavy (non-hydrogen) atoms. The van der Waals surface area contributed by atoms with E-state index < -0.39 is 34.7 Å². The van der Waals surface area contributed by atoms with Crippen LogP contribution in [-0.4, -0.2) is 66.0 Å². The molecule has 1 N–H and O–H groups in total. The average molecular weight is 485 g/mol. The number of rotatable bonds is 5. The Kier molecular flexibility index (Phi) is 6.26. The molecule has 2 aromatic rings. The summed E-state index contributed by atoms with van der Waals surface area (Å²) < 4.78 is 5.12.